The number of aromatic nitrogens is 2. The van der Waals surface area contributed by atoms with Crippen molar-refractivity contribution < 1.29 is 36.8 Å². The fraction of sp³-hybridized carbons (Fsp3) is 0.278. The number of rotatable bonds is 14. The van der Waals surface area contributed by atoms with Gasteiger partial charge in [0.2, 0.25) is 22.7 Å². The zero-order valence-corrected chi connectivity index (χ0v) is 28.4. The minimum absolute atomic E-state index is 0.00348. The van der Waals surface area contributed by atoms with Crippen LogP contribution in [0.4, 0.5) is 0 Å². The number of sulfonamides is 1. The van der Waals surface area contributed by atoms with Gasteiger partial charge in [-0.1, -0.05) is 61.0 Å². The number of nitrogens with two attached hydrogens (primary N) is 1. The monoisotopic (exact) mass is 699 g/mol. The third-order valence-corrected chi connectivity index (χ3v) is 10.6. The lowest BCUT2D eigenvalue weighted by molar-refractivity contribution is -0.137. The predicted molar refractivity (Wildman–Crippen MR) is 185 cm³/mol. The summed E-state index contributed by atoms with van der Waals surface area (Å²) >= 11 is 0. The van der Waals surface area contributed by atoms with Crippen LogP contribution >= 0.6 is 0 Å². The van der Waals surface area contributed by atoms with Gasteiger partial charge >= 0.3 is 0 Å². The average Bonchev–Trinajstić information content (AvgIpc) is 3.90. The van der Waals surface area contributed by atoms with Crippen molar-refractivity contribution in [1.29, 1.82) is 0 Å². The van der Waals surface area contributed by atoms with E-state index in [4.69, 9.17) is 19.7 Å². The summed E-state index contributed by atoms with van der Waals surface area (Å²) in [6.45, 7) is 1.83. The second-order valence-electron chi connectivity index (χ2n) is 12.1. The Labute approximate surface area is 289 Å². The largest absolute Gasteiger partial charge is 0.454 e. The normalized spacial score (nSPS) is 13.6. The minimum Gasteiger partial charge on any atom is -0.454 e. The van der Waals surface area contributed by atoms with Gasteiger partial charge < -0.3 is 29.6 Å². The molecule has 3 N–H and O–H groups in total. The molecule has 260 valence electrons. The molecular weight excluding hydrogens is 662 g/mol. The van der Waals surface area contributed by atoms with Gasteiger partial charge in [-0.3, -0.25) is 14.4 Å². The van der Waals surface area contributed by atoms with Gasteiger partial charge in [-0.2, -0.15) is 0 Å². The quantitative estimate of drug-likeness (QED) is 0.171. The Bertz CT molecular complexity index is 2110. The lowest BCUT2D eigenvalue weighted by Crippen LogP contribution is -2.59. The molecule has 0 aliphatic carbocycles. The Hall–Kier alpha value is -5.63. The Morgan fingerprint density at radius 2 is 1.72 bits per heavy atom. The van der Waals surface area contributed by atoms with Gasteiger partial charge in [-0.05, 0) is 41.8 Å². The van der Waals surface area contributed by atoms with E-state index in [1.807, 2.05) is 31.2 Å². The van der Waals surface area contributed by atoms with Crippen molar-refractivity contribution in [3.63, 3.8) is 0 Å². The number of hydrogen-bond acceptors (Lipinski definition) is 9. The van der Waals surface area contributed by atoms with Crippen LogP contribution in [0.25, 0.3) is 22.2 Å². The maximum Gasteiger partial charge on any atom is 0.259 e. The molecule has 1 aliphatic rings. The molecule has 3 heterocycles. The van der Waals surface area contributed by atoms with Crippen molar-refractivity contribution in [2.75, 3.05) is 19.6 Å². The summed E-state index contributed by atoms with van der Waals surface area (Å²) < 4.78 is 45.0. The molecule has 0 unspecified atom stereocenters. The summed E-state index contributed by atoms with van der Waals surface area (Å²) in [4.78, 5) is 46.5. The van der Waals surface area contributed by atoms with Gasteiger partial charge in [0, 0.05) is 54.2 Å². The molecule has 0 bridgehead atoms. The Morgan fingerprint density at radius 3 is 2.44 bits per heavy atom. The van der Waals surface area contributed by atoms with Crippen molar-refractivity contribution in [3.8, 4) is 22.8 Å². The van der Waals surface area contributed by atoms with Gasteiger partial charge in [0.25, 0.3) is 11.8 Å². The Kier molecular flexibility index (Phi) is 9.90. The molecule has 0 spiro atoms. The second kappa shape index (κ2) is 14.5. The topological polar surface area (TPSA) is 178 Å². The number of carbonyl (C=O) groups is 3. The molecule has 13 nitrogen and oxygen atoms in total. The summed E-state index contributed by atoms with van der Waals surface area (Å²) in [6, 6.07) is 17.8. The van der Waals surface area contributed by atoms with Crippen LogP contribution in [0.5, 0.6) is 11.5 Å². The first kappa shape index (κ1) is 34.2. The molecule has 6 rings (SSSR count). The van der Waals surface area contributed by atoms with E-state index in [1.165, 1.54) is 24.2 Å². The average molecular weight is 700 g/mol. The molecule has 0 radical (unpaired) electrons. The molecule has 0 saturated heterocycles. The minimum atomic E-state index is -4.41. The van der Waals surface area contributed by atoms with Crippen LogP contribution in [0.15, 0.2) is 89.7 Å². The molecule has 5 aromatic rings. The smallest absolute Gasteiger partial charge is 0.259 e. The molecule has 2 aromatic heterocycles. The number of nitrogens with one attached hydrogen (secondary N) is 1. The summed E-state index contributed by atoms with van der Waals surface area (Å²) in [7, 11) is -2.99. The van der Waals surface area contributed by atoms with E-state index in [1.54, 1.807) is 48.7 Å². The summed E-state index contributed by atoms with van der Waals surface area (Å²) in [5.41, 5.74) is 8.86. The number of aromatic amines is 1. The summed E-state index contributed by atoms with van der Waals surface area (Å²) in [6.07, 6.45) is 3.70. The third kappa shape index (κ3) is 7.06. The molecule has 3 amide bonds. The summed E-state index contributed by atoms with van der Waals surface area (Å²) in [5.74, 6) is -1.55. The van der Waals surface area contributed by atoms with E-state index in [2.05, 4.69) is 10.1 Å². The lowest BCUT2D eigenvalue weighted by Gasteiger charge is -2.35. The first-order chi connectivity index (χ1) is 24.1. The fourth-order valence-corrected chi connectivity index (χ4v) is 7.83. The van der Waals surface area contributed by atoms with Crippen molar-refractivity contribution in [1.82, 2.24) is 19.3 Å². The zero-order valence-electron chi connectivity index (χ0n) is 27.6. The highest BCUT2D eigenvalue weighted by Gasteiger charge is 2.43. The number of primary amides is 1. The maximum absolute atomic E-state index is 14.9. The lowest BCUT2D eigenvalue weighted by atomic mass is 9.99. The van der Waals surface area contributed by atoms with Crippen LogP contribution in [0.2, 0.25) is 0 Å². The number of hydrogen-bond donors (Lipinski definition) is 2. The van der Waals surface area contributed by atoms with Crippen LogP contribution in [0.3, 0.4) is 0 Å². The molecule has 2 atom stereocenters. The van der Waals surface area contributed by atoms with Crippen LogP contribution in [0, 0.1) is 0 Å². The van der Waals surface area contributed by atoms with Gasteiger partial charge in [0.1, 0.15) is 12.1 Å². The van der Waals surface area contributed by atoms with Crippen molar-refractivity contribution in [2.24, 2.45) is 5.73 Å². The highest BCUT2D eigenvalue weighted by atomic mass is 32.2. The fourth-order valence-electron chi connectivity index (χ4n) is 6.02. The van der Waals surface area contributed by atoms with E-state index in [-0.39, 0.29) is 31.6 Å². The first-order valence-electron chi connectivity index (χ1n) is 16.1. The highest BCUT2D eigenvalue weighted by Crippen LogP contribution is 2.33. The SMILES string of the molecule is CCCCS(=O)(=O)N(C(=O)[C@H](Cc1ccc(-c2ccno2)cc1)N(C)C(=O)c1ccc2c(c1)OCO2)[C@@H](Cc1c[nH]c2ccccc12)C(N)=O. The number of para-hydroxylation sites is 1. The van der Waals surface area contributed by atoms with E-state index in [0.717, 1.165) is 16.5 Å². The number of nitrogens with zero attached hydrogens (tertiary/aromatic N) is 3. The molecule has 0 fully saturated rings. The van der Waals surface area contributed by atoms with Crippen molar-refractivity contribution >= 4 is 38.6 Å². The van der Waals surface area contributed by atoms with E-state index in [9.17, 15) is 22.8 Å². The number of amides is 3. The van der Waals surface area contributed by atoms with E-state index in [0.29, 0.717) is 39.1 Å². The summed E-state index contributed by atoms with van der Waals surface area (Å²) in [5, 5.41) is 4.50. The number of likely N-dealkylation sites (N-methyl/N-ethyl adjacent to an activating group) is 1. The number of unbranched alkanes of at least 4 members (excludes halogenated alkanes) is 1. The molecule has 50 heavy (non-hydrogen) atoms. The number of ether oxygens (including phenoxy) is 2. The van der Waals surface area contributed by atoms with E-state index < -0.39 is 45.6 Å². The Morgan fingerprint density at radius 1 is 0.960 bits per heavy atom. The van der Waals surface area contributed by atoms with Crippen LogP contribution < -0.4 is 15.2 Å². The van der Waals surface area contributed by atoms with Crippen molar-refractivity contribution in [3.05, 3.63) is 102 Å². The first-order valence-corrected chi connectivity index (χ1v) is 17.8. The third-order valence-electron chi connectivity index (χ3n) is 8.77. The van der Waals surface area contributed by atoms with Crippen LogP contribution in [0.1, 0.15) is 41.3 Å². The standard InChI is InChI=1S/C36H37N5O8S/c1-3-4-17-50(45,46)41(29(34(37)42)19-26-21-38-28-8-6-5-7-27(26)28)36(44)30(18-23-9-11-24(12-10-23)31-15-16-39-49-31)40(2)35(43)25-13-14-32-33(20-25)48-22-47-32/h5-16,20-21,29-30,38H,3-4,17-19,22H2,1-2H3,(H2,37,42)/t29-,30-/m0/s1. The number of carbonyl (C=O) groups excluding carboxylic acids is 3. The highest BCUT2D eigenvalue weighted by molar-refractivity contribution is 7.89. The van der Waals surface area contributed by atoms with E-state index >= 15 is 0 Å². The van der Waals surface area contributed by atoms with Gasteiger partial charge in [0.05, 0.1) is 11.9 Å². The number of H-pyrrole nitrogens is 1. The molecule has 3 aromatic carbocycles. The molecule has 1 aliphatic heterocycles. The molecule has 14 heteroatoms. The van der Waals surface area contributed by atoms with Gasteiger partial charge in [0.15, 0.2) is 17.3 Å². The zero-order chi connectivity index (χ0) is 35.4. The number of fused-ring (bicyclic) bond motifs is 2. The maximum atomic E-state index is 14.9. The molecular formula is C36H37N5O8S. The van der Waals surface area contributed by atoms with Crippen LogP contribution in [-0.2, 0) is 32.5 Å². The predicted octanol–water partition coefficient (Wildman–Crippen LogP) is 4.29. The molecule has 0 saturated carbocycles. The van der Waals surface area contributed by atoms with Gasteiger partial charge in [-0.25, -0.2) is 12.7 Å². The Balaban J connectivity index is 1.41. The van der Waals surface area contributed by atoms with Crippen molar-refractivity contribution in [2.45, 2.75) is 44.7 Å². The second-order valence-corrected chi connectivity index (χ2v) is 14.0. The van der Waals surface area contributed by atoms with Gasteiger partial charge in [-0.15, -0.1) is 0 Å². The number of benzene rings is 3. The van der Waals surface area contributed by atoms with Crippen LogP contribution in [-0.4, -0.2) is 77.2 Å².